The quantitative estimate of drug-likeness (QED) is 0.757. The maximum Gasteiger partial charge on any atom is 0.271 e. The highest BCUT2D eigenvalue weighted by Gasteiger charge is 2.08. The van der Waals surface area contributed by atoms with Gasteiger partial charge in [0.1, 0.15) is 5.69 Å². The zero-order valence-corrected chi connectivity index (χ0v) is 13.2. The third-order valence-electron chi connectivity index (χ3n) is 3.55. The summed E-state index contributed by atoms with van der Waals surface area (Å²) in [5, 5.41) is 11.0. The van der Waals surface area contributed by atoms with Gasteiger partial charge in [-0.15, -0.1) is 0 Å². The van der Waals surface area contributed by atoms with Crippen LogP contribution in [0.4, 0.5) is 0 Å². The van der Waals surface area contributed by atoms with Gasteiger partial charge in [-0.1, -0.05) is 18.2 Å². The molecule has 3 rings (SSSR count). The van der Waals surface area contributed by atoms with E-state index < -0.39 is 0 Å². The molecule has 0 aliphatic carbocycles. The lowest BCUT2D eigenvalue weighted by Crippen LogP contribution is -2.29. The normalized spacial score (nSPS) is 10.5. The van der Waals surface area contributed by atoms with Crippen LogP contribution in [-0.4, -0.2) is 32.0 Å². The predicted octanol–water partition coefficient (Wildman–Crippen LogP) is 0.938. The summed E-state index contributed by atoms with van der Waals surface area (Å²) in [4.78, 5) is 23.3. The topological polar surface area (TPSA) is 81.8 Å². The number of hydrogen-bond acceptors (Lipinski definition) is 4. The van der Waals surface area contributed by atoms with E-state index in [1.54, 1.807) is 10.9 Å². The number of carbonyl (C=O) groups is 1. The summed E-state index contributed by atoms with van der Waals surface area (Å²) in [7, 11) is 1.51. The van der Waals surface area contributed by atoms with Crippen LogP contribution in [0.25, 0.3) is 5.69 Å². The molecule has 7 heteroatoms. The molecule has 0 aliphatic heterocycles. The van der Waals surface area contributed by atoms with E-state index in [1.165, 1.54) is 19.2 Å². The summed E-state index contributed by atoms with van der Waals surface area (Å²) in [5.74, 6) is -0.305. The van der Waals surface area contributed by atoms with Crippen molar-refractivity contribution >= 4 is 5.91 Å². The molecular formula is C17H17N5O2. The van der Waals surface area contributed by atoms with Crippen LogP contribution in [0.15, 0.2) is 59.7 Å². The van der Waals surface area contributed by atoms with Gasteiger partial charge < -0.3 is 5.32 Å². The molecule has 2 heterocycles. The number of nitrogens with one attached hydrogen (secondary N) is 1. The van der Waals surface area contributed by atoms with E-state index in [0.29, 0.717) is 13.0 Å². The van der Waals surface area contributed by atoms with E-state index in [2.05, 4.69) is 15.5 Å². The van der Waals surface area contributed by atoms with Crippen molar-refractivity contribution in [1.82, 2.24) is 24.9 Å². The van der Waals surface area contributed by atoms with Gasteiger partial charge in [0.05, 0.1) is 11.9 Å². The minimum Gasteiger partial charge on any atom is -0.350 e. The summed E-state index contributed by atoms with van der Waals surface area (Å²) >= 11 is 0. The Morgan fingerprint density at radius 1 is 1.17 bits per heavy atom. The van der Waals surface area contributed by atoms with Crippen LogP contribution in [0.1, 0.15) is 16.1 Å². The molecule has 0 saturated carbocycles. The monoisotopic (exact) mass is 323 g/mol. The fourth-order valence-electron chi connectivity index (χ4n) is 2.25. The number of aryl methyl sites for hydroxylation is 1. The fraction of sp³-hybridized carbons (Fsp3) is 0.176. The molecule has 2 aromatic heterocycles. The molecule has 0 aliphatic rings. The minimum atomic E-state index is -0.305. The molecule has 1 amide bonds. The predicted molar refractivity (Wildman–Crippen MR) is 89.1 cm³/mol. The van der Waals surface area contributed by atoms with Crippen LogP contribution < -0.4 is 10.9 Å². The summed E-state index contributed by atoms with van der Waals surface area (Å²) in [6.45, 7) is 0.462. The third-order valence-corrected chi connectivity index (χ3v) is 3.55. The van der Waals surface area contributed by atoms with Gasteiger partial charge in [0.15, 0.2) is 0 Å². The van der Waals surface area contributed by atoms with Gasteiger partial charge in [0.2, 0.25) is 0 Å². The number of nitrogens with zero attached hydrogens (tertiary/aromatic N) is 4. The number of amides is 1. The minimum absolute atomic E-state index is 0.220. The van der Waals surface area contributed by atoms with E-state index in [-0.39, 0.29) is 17.2 Å². The number of carbonyl (C=O) groups excluding carboxylic acids is 1. The lowest BCUT2D eigenvalue weighted by atomic mass is 10.2. The number of benzene rings is 1. The molecule has 1 aromatic carbocycles. The summed E-state index contributed by atoms with van der Waals surface area (Å²) < 4.78 is 2.94. The SMILES string of the molecule is Cn1nc(C(=O)NCCc2cnn(-c3ccccc3)c2)ccc1=O. The van der Waals surface area contributed by atoms with E-state index >= 15 is 0 Å². The molecule has 0 atom stereocenters. The Labute approximate surface area is 138 Å². The van der Waals surface area contributed by atoms with Gasteiger partial charge >= 0.3 is 0 Å². The van der Waals surface area contributed by atoms with Crippen LogP contribution in [0.2, 0.25) is 0 Å². The number of aromatic nitrogens is 4. The second-order valence-electron chi connectivity index (χ2n) is 5.32. The van der Waals surface area contributed by atoms with Gasteiger partial charge in [-0.25, -0.2) is 9.36 Å². The van der Waals surface area contributed by atoms with Gasteiger partial charge in [-0.05, 0) is 30.2 Å². The van der Waals surface area contributed by atoms with Crippen LogP contribution in [-0.2, 0) is 13.5 Å². The average Bonchev–Trinajstić information content (AvgIpc) is 3.07. The van der Waals surface area contributed by atoms with Crippen LogP contribution >= 0.6 is 0 Å². The molecule has 0 spiro atoms. The Bertz CT molecular complexity index is 899. The van der Waals surface area contributed by atoms with Crippen molar-refractivity contribution < 1.29 is 4.79 Å². The molecular weight excluding hydrogens is 306 g/mol. The first-order chi connectivity index (χ1) is 11.6. The summed E-state index contributed by atoms with van der Waals surface area (Å²) in [5.41, 5.74) is 1.98. The van der Waals surface area contributed by atoms with Crippen molar-refractivity contribution in [3.63, 3.8) is 0 Å². The Balaban J connectivity index is 1.57. The summed E-state index contributed by atoms with van der Waals surface area (Å²) in [6, 6.07) is 12.6. The highest BCUT2D eigenvalue weighted by molar-refractivity contribution is 5.91. The third kappa shape index (κ3) is 3.57. The largest absolute Gasteiger partial charge is 0.350 e. The molecule has 0 fully saturated rings. The molecule has 0 unspecified atom stereocenters. The van der Waals surface area contributed by atoms with Crippen LogP contribution in [0.3, 0.4) is 0 Å². The fourth-order valence-corrected chi connectivity index (χ4v) is 2.25. The number of hydrogen-bond donors (Lipinski definition) is 1. The molecule has 7 nitrogen and oxygen atoms in total. The van der Waals surface area contributed by atoms with Gasteiger partial charge in [0.25, 0.3) is 11.5 Å². The first-order valence-corrected chi connectivity index (χ1v) is 7.55. The van der Waals surface area contributed by atoms with E-state index in [4.69, 9.17) is 0 Å². The number of rotatable bonds is 5. The standard InChI is InChI=1S/C17H17N5O2/c1-21-16(23)8-7-15(20-21)17(24)18-10-9-13-11-19-22(12-13)14-5-3-2-4-6-14/h2-8,11-12H,9-10H2,1H3,(H,18,24). The Morgan fingerprint density at radius 2 is 1.96 bits per heavy atom. The van der Waals surface area contributed by atoms with Crippen molar-refractivity contribution in [1.29, 1.82) is 0 Å². The Morgan fingerprint density at radius 3 is 2.71 bits per heavy atom. The van der Waals surface area contributed by atoms with Crippen molar-refractivity contribution in [3.8, 4) is 5.69 Å². The second kappa shape index (κ2) is 6.91. The zero-order valence-electron chi connectivity index (χ0n) is 13.2. The maximum absolute atomic E-state index is 12.0. The second-order valence-corrected chi connectivity index (χ2v) is 5.32. The van der Waals surface area contributed by atoms with E-state index in [0.717, 1.165) is 15.9 Å². The zero-order chi connectivity index (χ0) is 16.9. The Kier molecular flexibility index (Phi) is 4.51. The maximum atomic E-state index is 12.0. The molecule has 3 aromatic rings. The van der Waals surface area contributed by atoms with Gasteiger partial charge in [-0.2, -0.15) is 10.2 Å². The molecule has 122 valence electrons. The average molecular weight is 323 g/mol. The van der Waals surface area contributed by atoms with Crippen molar-refractivity contribution in [3.05, 3.63) is 76.5 Å². The first-order valence-electron chi connectivity index (χ1n) is 7.55. The van der Waals surface area contributed by atoms with E-state index in [1.807, 2.05) is 36.5 Å². The van der Waals surface area contributed by atoms with Crippen LogP contribution in [0.5, 0.6) is 0 Å². The molecule has 1 N–H and O–H groups in total. The van der Waals surface area contributed by atoms with Gasteiger partial charge in [0, 0.05) is 25.9 Å². The molecule has 0 radical (unpaired) electrons. The lowest BCUT2D eigenvalue weighted by Gasteiger charge is -2.04. The Hall–Kier alpha value is -3.22. The highest BCUT2D eigenvalue weighted by atomic mass is 16.2. The van der Waals surface area contributed by atoms with Gasteiger partial charge in [-0.3, -0.25) is 9.59 Å². The molecule has 24 heavy (non-hydrogen) atoms. The molecule has 0 bridgehead atoms. The van der Waals surface area contributed by atoms with E-state index in [9.17, 15) is 9.59 Å². The molecule has 0 saturated heterocycles. The summed E-state index contributed by atoms with van der Waals surface area (Å²) in [6.07, 6.45) is 4.37. The smallest absolute Gasteiger partial charge is 0.271 e. The van der Waals surface area contributed by atoms with Crippen molar-refractivity contribution in [2.75, 3.05) is 6.54 Å². The number of para-hydroxylation sites is 1. The van der Waals surface area contributed by atoms with Crippen molar-refractivity contribution in [2.45, 2.75) is 6.42 Å². The lowest BCUT2D eigenvalue weighted by molar-refractivity contribution is 0.0947. The first kappa shape index (κ1) is 15.7. The van der Waals surface area contributed by atoms with Crippen molar-refractivity contribution in [2.24, 2.45) is 7.05 Å². The van der Waals surface area contributed by atoms with Crippen LogP contribution in [0, 0.1) is 0 Å². The highest BCUT2D eigenvalue weighted by Crippen LogP contribution is 2.07.